The standard InChI is InChI=1S/C12H15FO2/c1-4-12(3,15-9(2)14)10-5-7-11(13)8-6-10/h5-8H,4H2,1-3H3. The monoisotopic (exact) mass is 210 g/mol. The van der Waals surface area contributed by atoms with E-state index in [-0.39, 0.29) is 11.8 Å². The summed E-state index contributed by atoms with van der Waals surface area (Å²) in [7, 11) is 0. The first kappa shape index (κ1) is 11.7. The number of benzene rings is 1. The Kier molecular flexibility index (Phi) is 3.45. The van der Waals surface area contributed by atoms with Gasteiger partial charge in [0.2, 0.25) is 0 Å². The SMILES string of the molecule is CCC(C)(OC(C)=O)c1ccc(F)cc1. The van der Waals surface area contributed by atoms with Gasteiger partial charge in [0.25, 0.3) is 0 Å². The van der Waals surface area contributed by atoms with Crippen LogP contribution < -0.4 is 0 Å². The lowest BCUT2D eigenvalue weighted by Gasteiger charge is -2.28. The van der Waals surface area contributed by atoms with Crippen molar-refractivity contribution in [3.63, 3.8) is 0 Å². The number of hydrogen-bond acceptors (Lipinski definition) is 2. The van der Waals surface area contributed by atoms with Crippen molar-refractivity contribution in [3.05, 3.63) is 35.6 Å². The van der Waals surface area contributed by atoms with E-state index >= 15 is 0 Å². The van der Waals surface area contributed by atoms with E-state index in [2.05, 4.69) is 0 Å². The van der Waals surface area contributed by atoms with Crippen molar-refractivity contribution < 1.29 is 13.9 Å². The molecule has 1 unspecified atom stereocenters. The van der Waals surface area contributed by atoms with Gasteiger partial charge in [0.1, 0.15) is 11.4 Å². The molecule has 1 aromatic rings. The molecule has 2 nitrogen and oxygen atoms in total. The Morgan fingerprint density at radius 2 is 1.93 bits per heavy atom. The molecule has 0 heterocycles. The average Bonchev–Trinajstić information content (AvgIpc) is 2.17. The molecule has 0 bridgehead atoms. The first-order valence-corrected chi connectivity index (χ1v) is 4.93. The molecule has 0 aliphatic heterocycles. The summed E-state index contributed by atoms with van der Waals surface area (Å²) in [6.45, 7) is 5.12. The van der Waals surface area contributed by atoms with E-state index in [1.807, 2.05) is 13.8 Å². The molecule has 0 fully saturated rings. The van der Waals surface area contributed by atoms with E-state index in [4.69, 9.17) is 4.74 Å². The smallest absolute Gasteiger partial charge is 0.303 e. The fourth-order valence-electron chi connectivity index (χ4n) is 1.45. The van der Waals surface area contributed by atoms with Gasteiger partial charge < -0.3 is 4.74 Å². The zero-order valence-corrected chi connectivity index (χ0v) is 9.21. The van der Waals surface area contributed by atoms with E-state index in [9.17, 15) is 9.18 Å². The van der Waals surface area contributed by atoms with Crippen LogP contribution >= 0.6 is 0 Å². The highest BCUT2D eigenvalue weighted by Crippen LogP contribution is 2.29. The fraction of sp³-hybridized carbons (Fsp3) is 0.417. The summed E-state index contributed by atoms with van der Waals surface area (Å²) in [5.41, 5.74) is 0.140. The van der Waals surface area contributed by atoms with Crippen LogP contribution in [0.15, 0.2) is 24.3 Å². The van der Waals surface area contributed by atoms with Crippen molar-refractivity contribution >= 4 is 5.97 Å². The zero-order chi connectivity index (χ0) is 11.5. The highest BCUT2D eigenvalue weighted by atomic mass is 19.1. The first-order valence-electron chi connectivity index (χ1n) is 4.93. The quantitative estimate of drug-likeness (QED) is 0.717. The Labute approximate surface area is 89.1 Å². The minimum atomic E-state index is -0.667. The molecule has 1 atom stereocenters. The van der Waals surface area contributed by atoms with E-state index in [1.165, 1.54) is 19.1 Å². The molecular formula is C12H15FO2. The van der Waals surface area contributed by atoms with Gasteiger partial charge in [0, 0.05) is 6.92 Å². The average molecular weight is 210 g/mol. The molecule has 0 N–H and O–H groups in total. The predicted molar refractivity (Wildman–Crippen MR) is 55.8 cm³/mol. The third-order valence-electron chi connectivity index (χ3n) is 2.50. The number of hydrogen-bond donors (Lipinski definition) is 0. The highest BCUT2D eigenvalue weighted by Gasteiger charge is 2.27. The van der Waals surface area contributed by atoms with Crippen LogP contribution in [0, 0.1) is 5.82 Å². The Bertz CT molecular complexity index is 345. The Hall–Kier alpha value is -1.38. The molecule has 0 aromatic heterocycles. The van der Waals surface area contributed by atoms with Crippen LogP contribution in [-0.2, 0) is 15.1 Å². The molecule has 1 rings (SSSR count). The molecule has 0 spiro atoms. The molecule has 0 aliphatic carbocycles. The fourth-order valence-corrected chi connectivity index (χ4v) is 1.45. The molecule has 3 heteroatoms. The van der Waals surface area contributed by atoms with E-state index in [1.54, 1.807) is 12.1 Å². The van der Waals surface area contributed by atoms with Crippen LogP contribution in [0.4, 0.5) is 4.39 Å². The van der Waals surface area contributed by atoms with Crippen LogP contribution in [0.3, 0.4) is 0 Å². The number of carbonyl (C=O) groups is 1. The molecule has 0 saturated heterocycles. The molecule has 1 aromatic carbocycles. The minimum absolute atomic E-state index is 0.292. The van der Waals surface area contributed by atoms with Crippen molar-refractivity contribution in [2.45, 2.75) is 32.8 Å². The summed E-state index contributed by atoms with van der Waals surface area (Å²) in [6, 6.07) is 6.02. The van der Waals surface area contributed by atoms with Gasteiger partial charge in [-0.15, -0.1) is 0 Å². The van der Waals surface area contributed by atoms with E-state index < -0.39 is 5.60 Å². The second-order valence-electron chi connectivity index (χ2n) is 3.68. The van der Waals surface area contributed by atoms with Gasteiger partial charge >= 0.3 is 5.97 Å². The van der Waals surface area contributed by atoms with Gasteiger partial charge in [0.15, 0.2) is 0 Å². The lowest BCUT2D eigenvalue weighted by molar-refractivity contribution is -0.156. The van der Waals surface area contributed by atoms with Gasteiger partial charge in [-0.2, -0.15) is 0 Å². The molecule has 0 amide bonds. The van der Waals surface area contributed by atoms with Crippen LogP contribution in [0.25, 0.3) is 0 Å². The van der Waals surface area contributed by atoms with Crippen molar-refractivity contribution in [1.82, 2.24) is 0 Å². The Morgan fingerprint density at radius 3 is 2.33 bits per heavy atom. The normalized spacial score (nSPS) is 14.4. The largest absolute Gasteiger partial charge is 0.455 e. The zero-order valence-electron chi connectivity index (χ0n) is 9.21. The van der Waals surface area contributed by atoms with Gasteiger partial charge in [0.05, 0.1) is 0 Å². The van der Waals surface area contributed by atoms with Crippen molar-refractivity contribution in [2.24, 2.45) is 0 Å². The van der Waals surface area contributed by atoms with E-state index in [0.717, 1.165) is 5.56 Å². The van der Waals surface area contributed by atoms with Crippen molar-refractivity contribution in [2.75, 3.05) is 0 Å². The van der Waals surface area contributed by atoms with Crippen LogP contribution in [0.5, 0.6) is 0 Å². The summed E-state index contributed by atoms with van der Waals surface area (Å²) in [5, 5.41) is 0. The van der Waals surface area contributed by atoms with Gasteiger partial charge in [-0.1, -0.05) is 19.1 Å². The molecule has 0 radical (unpaired) electrons. The second kappa shape index (κ2) is 4.43. The maximum Gasteiger partial charge on any atom is 0.303 e. The van der Waals surface area contributed by atoms with Gasteiger partial charge in [-0.3, -0.25) is 4.79 Å². The van der Waals surface area contributed by atoms with Crippen molar-refractivity contribution in [1.29, 1.82) is 0 Å². The van der Waals surface area contributed by atoms with Crippen LogP contribution in [0.1, 0.15) is 32.8 Å². The number of carbonyl (C=O) groups excluding carboxylic acids is 1. The van der Waals surface area contributed by atoms with Crippen LogP contribution in [-0.4, -0.2) is 5.97 Å². The number of esters is 1. The molecule has 82 valence electrons. The lowest BCUT2D eigenvalue weighted by atomic mass is 9.93. The minimum Gasteiger partial charge on any atom is -0.455 e. The lowest BCUT2D eigenvalue weighted by Crippen LogP contribution is -2.27. The Morgan fingerprint density at radius 1 is 1.40 bits per heavy atom. The third kappa shape index (κ3) is 2.78. The summed E-state index contributed by atoms with van der Waals surface area (Å²) >= 11 is 0. The summed E-state index contributed by atoms with van der Waals surface area (Å²) < 4.78 is 18.0. The summed E-state index contributed by atoms with van der Waals surface area (Å²) in [6.07, 6.45) is 0.651. The molecule has 0 saturated carbocycles. The maximum atomic E-state index is 12.7. The second-order valence-corrected chi connectivity index (χ2v) is 3.68. The number of rotatable bonds is 3. The summed E-state index contributed by atoms with van der Waals surface area (Å²) in [5.74, 6) is -0.622. The van der Waals surface area contributed by atoms with Crippen molar-refractivity contribution in [3.8, 4) is 0 Å². The van der Waals surface area contributed by atoms with E-state index in [0.29, 0.717) is 6.42 Å². The molecule has 15 heavy (non-hydrogen) atoms. The third-order valence-corrected chi connectivity index (χ3v) is 2.50. The maximum absolute atomic E-state index is 12.7. The number of halogens is 1. The topological polar surface area (TPSA) is 26.3 Å². The first-order chi connectivity index (χ1) is 6.98. The number of ether oxygens (including phenoxy) is 1. The summed E-state index contributed by atoms with van der Waals surface area (Å²) in [4.78, 5) is 11.0. The Balaban J connectivity index is 3.00. The van der Waals surface area contributed by atoms with Crippen LogP contribution in [0.2, 0.25) is 0 Å². The predicted octanol–water partition coefficient (Wildman–Crippen LogP) is 3.01. The van der Waals surface area contributed by atoms with Gasteiger partial charge in [-0.25, -0.2) is 4.39 Å². The van der Waals surface area contributed by atoms with Gasteiger partial charge in [-0.05, 0) is 31.0 Å². The highest BCUT2D eigenvalue weighted by molar-refractivity contribution is 5.66. The molecular weight excluding hydrogens is 195 g/mol. The molecule has 0 aliphatic rings.